The Bertz CT molecular complexity index is 774. The fourth-order valence-electron chi connectivity index (χ4n) is 2.58. The maximum atomic E-state index is 12.9. The first-order valence-corrected chi connectivity index (χ1v) is 8.56. The molecule has 144 valence electrons. The number of anilines is 2. The predicted octanol–water partition coefficient (Wildman–Crippen LogP) is 2.25. The van der Waals surface area contributed by atoms with Crippen LogP contribution in [-0.4, -0.2) is 51.4 Å². The number of nitrogens with zero attached hydrogens (tertiary/aromatic N) is 2. The average Bonchev–Trinajstić information content (AvgIpc) is 2.63. The molecule has 1 atom stereocenters. The third-order valence-corrected chi connectivity index (χ3v) is 4.18. The van der Waals surface area contributed by atoms with Crippen LogP contribution < -0.4 is 15.5 Å². The van der Waals surface area contributed by atoms with E-state index >= 15 is 0 Å². The van der Waals surface area contributed by atoms with Gasteiger partial charge in [-0.25, -0.2) is 4.39 Å². The molecular weight excluding hydrogens is 347 g/mol. The van der Waals surface area contributed by atoms with E-state index in [4.69, 9.17) is 0 Å². The van der Waals surface area contributed by atoms with Crippen LogP contribution in [0.5, 0.6) is 0 Å². The molecule has 6 nitrogen and oxygen atoms in total. The number of carbonyl (C=O) groups is 2. The second kappa shape index (κ2) is 9.14. The smallest absolute Gasteiger partial charge is 0.313 e. The van der Waals surface area contributed by atoms with Gasteiger partial charge >= 0.3 is 11.8 Å². The van der Waals surface area contributed by atoms with Gasteiger partial charge in [0.2, 0.25) is 0 Å². The molecule has 0 bridgehead atoms. The zero-order valence-electron chi connectivity index (χ0n) is 16.0. The highest BCUT2D eigenvalue weighted by Crippen LogP contribution is 2.21. The van der Waals surface area contributed by atoms with Crippen LogP contribution in [-0.2, 0) is 9.59 Å². The molecule has 0 spiro atoms. The van der Waals surface area contributed by atoms with Crippen molar-refractivity contribution in [2.75, 3.05) is 45.0 Å². The van der Waals surface area contributed by atoms with E-state index in [1.54, 1.807) is 0 Å². The van der Waals surface area contributed by atoms with Crippen LogP contribution in [0.4, 0.5) is 15.8 Å². The first kappa shape index (κ1) is 20.4. The van der Waals surface area contributed by atoms with Gasteiger partial charge in [-0.1, -0.05) is 12.1 Å². The molecule has 27 heavy (non-hydrogen) atoms. The van der Waals surface area contributed by atoms with Gasteiger partial charge in [-0.15, -0.1) is 0 Å². The Morgan fingerprint density at radius 3 is 2.04 bits per heavy atom. The van der Waals surface area contributed by atoms with Gasteiger partial charge in [-0.05, 0) is 56.1 Å². The molecule has 2 aromatic carbocycles. The quantitative estimate of drug-likeness (QED) is 0.764. The molecule has 0 aliphatic rings. The highest BCUT2D eigenvalue weighted by molar-refractivity contribution is 6.39. The Kier molecular flexibility index (Phi) is 6.90. The summed E-state index contributed by atoms with van der Waals surface area (Å²) in [6, 6.07) is 13.2. The van der Waals surface area contributed by atoms with Gasteiger partial charge in [0, 0.05) is 32.0 Å². The van der Waals surface area contributed by atoms with Crippen LogP contribution in [0.25, 0.3) is 0 Å². The van der Waals surface area contributed by atoms with E-state index in [0.29, 0.717) is 5.69 Å². The normalized spacial score (nSPS) is 11.8. The summed E-state index contributed by atoms with van der Waals surface area (Å²) in [5, 5.41) is 5.10. The second-order valence-corrected chi connectivity index (χ2v) is 6.64. The number of carbonyl (C=O) groups excluding carboxylic acids is 2. The van der Waals surface area contributed by atoms with Gasteiger partial charge < -0.3 is 20.4 Å². The van der Waals surface area contributed by atoms with Crippen molar-refractivity contribution in [1.82, 2.24) is 10.2 Å². The van der Waals surface area contributed by atoms with Gasteiger partial charge in [-0.2, -0.15) is 0 Å². The van der Waals surface area contributed by atoms with Crippen molar-refractivity contribution in [1.29, 1.82) is 0 Å². The van der Waals surface area contributed by atoms with Crippen molar-refractivity contribution < 1.29 is 14.0 Å². The van der Waals surface area contributed by atoms with Crippen molar-refractivity contribution >= 4 is 23.2 Å². The number of rotatable bonds is 6. The maximum Gasteiger partial charge on any atom is 0.313 e. The number of likely N-dealkylation sites (N-methyl/N-ethyl adjacent to an activating group) is 1. The standard InChI is InChI=1S/C20H25FN4O2/c1-24(2)17-11-5-14(6-12-17)18(25(3)4)13-22-19(26)20(27)23-16-9-7-15(21)8-10-16/h5-12,18H,13H2,1-4H3,(H,22,26)(H,23,27)/t18-/m0/s1. The van der Waals surface area contributed by atoms with Crippen molar-refractivity contribution in [3.05, 3.63) is 59.9 Å². The fraction of sp³-hybridized carbons (Fsp3) is 0.300. The molecule has 2 aromatic rings. The van der Waals surface area contributed by atoms with E-state index in [1.807, 2.05) is 62.3 Å². The molecule has 0 aliphatic heterocycles. The predicted molar refractivity (Wildman–Crippen MR) is 105 cm³/mol. The van der Waals surface area contributed by atoms with Crippen LogP contribution in [0.1, 0.15) is 11.6 Å². The van der Waals surface area contributed by atoms with E-state index in [9.17, 15) is 14.0 Å². The van der Waals surface area contributed by atoms with E-state index in [1.165, 1.54) is 24.3 Å². The summed E-state index contributed by atoms with van der Waals surface area (Å²) in [7, 11) is 7.77. The molecule has 0 fully saturated rings. The number of halogens is 1. The first-order chi connectivity index (χ1) is 12.8. The molecule has 2 amide bonds. The molecule has 2 N–H and O–H groups in total. The Hall–Kier alpha value is -2.93. The van der Waals surface area contributed by atoms with Gasteiger partial charge in [0.1, 0.15) is 5.82 Å². The van der Waals surface area contributed by atoms with E-state index in [2.05, 4.69) is 10.6 Å². The highest BCUT2D eigenvalue weighted by Gasteiger charge is 2.19. The minimum Gasteiger partial charge on any atom is -0.378 e. The van der Waals surface area contributed by atoms with Crippen molar-refractivity contribution in [3.63, 3.8) is 0 Å². The van der Waals surface area contributed by atoms with Gasteiger partial charge in [0.15, 0.2) is 0 Å². The van der Waals surface area contributed by atoms with Crippen molar-refractivity contribution in [3.8, 4) is 0 Å². The Morgan fingerprint density at radius 1 is 0.926 bits per heavy atom. The molecule has 0 aliphatic carbocycles. The van der Waals surface area contributed by atoms with Gasteiger partial charge in [-0.3, -0.25) is 9.59 Å². The van der Waals surface area contributed by atoms with E-state index in [0.717, 1.165) is 11.3 Å². The highest BCUT2D eigenvalue weighted by atomic mass is 19.1. The SMILES string of the molecule is CN(C)c1ccc([C@H](CNC(=O)C(=O)Nc2ccc(F)cc2)N(C)C)cc1. The molecule has 0 heterocycles. The third kappa shape index (κ3) is 5.79. The molecule has 7 heteroatoms. The largest absolute Gasteiger partial charge is 0.378 e. The van der Waals surface area contributed by atoms with Crippen molar-refractivity contribution in [2.45, 2.75) is 6.04 Å². The second-order valence-electron chi connectivity index (χ2n) is 6.64. The molecule has 2 rings (SSSR count). The summed E-state index contributed by atoms with van der Waals surface area (Å²) >= 11 is 0. The monoisotopic (exact) mass is 372 g/mol. The number of hydrogen-bond acceptors (Lipinski definition) is 4. The van der Waals surface area contributed by atoms with Crippen LogP contribution in [0.2, 0.25) is 0 Å². The molecule has 0 radical (unpaired) electrons. The summed E-state index contributed by atoms with van der Waals surface area (Å²) in [5.41, 5.74) is 2.48. The lowest BCUT2D eigenvalue weighted by atomic mass is 10.1. The topological polar surface area (TPSA) is 64.7 Å². The van der Waals surface area contributed by atoms with Gasteiger partial charge in [0.05, 0.1) is 6.04 Å². The van der Waals surface area contributed by atoms with E-state index < -0.39 is 17.6 Å². The van der Waals surface area contributed by atoms with E-state index in [-0.39, 0.29) is 12.6 Å². The zero-order valence-corrected chi connectivity index (χ0v) is 16.0. The average molecular weight is 372 g/mol. The third-order valence-electron chi connectivity index (χ3n) is 4.18. The maximum absolute atomic E-state index is 12.9. The Labute approximate surface area is 159 Å². The summed E-state index contributed by atoms with van der Waals surface area (Å²) in [6.07, 6.45) is 0. The summed E-state index contributed by atoms with van der Waals surface area (Å²) in [5.74, 6) is -1.94. The minimum absolute atomic E-state index is 0.0798. The number of hydrogen-bond donors (Lipinski definition) is 2. The van der Waals surface area contributed by atoms with Crippen molar-refractivity contribution in [2.24, 2.45) is 0 Å². The molecular formula is C20H25FN4O2. The summed E-state index contributed by atoms with van der Waals surface area (Å²) in [4.78, 5) is 28.1. The molecule has 0 saturated heterocycles. The number of benzene rings is 2. The Balaban J connectivity index is 1.97. The lowest BCUT2D eigenvalue weighted by Gasteiger charge is -2.25. The lowest BCUT2D eigenvalue weighted by molar-refractivity contribution is -0.136. The summed E-state index contributed by atoms with van der Waals surface area (Å²) in [6.45, 7) is 0.282. The van der Waals surface area contributed by atoms with Gasteiger partial charge in [0.25, 0.3) is 0 Å². The fourth-order valence-corrected chi connectivity index (χ4v) is 2.58. The summed E-state index contributed by atoms with van der Waals surface area (Å²) < 4.78 is 12.9. The van der Waals surface area contributed by atoms with Crippen LogP contribution in [0.3, 0.4) is 0 Å². The number of amides is 2. The van der Waals surface area contributed by atoms with Crippen LogP contribution >= 0.6 is 0 Å². The zero-order chi connectivity index (χ0) is 20.0. The number of nitrogens with one attached hydrogen (secondary N) is 2. The Morgan fingerprint density at radius 2 is 1.52 bits per heavy atom. The lowest BCUT2D eigenvalue weighted by Crippen LogP contribution is -2.40. The molecule has 0 unspecified atom stereocenters. The minimum atomic E-state index is -0.790. The molecule has 0 aromatic heterocycles. The molecule has 0 saturated carbocycles. The van der Waals surface area contributed by atoms with Crippen LogP contribution in [0.15, 0.2) is 48.5 Å². The first-order valence-electron chi connectivity index (χ1n) is 8.56. The van der Waals surface area contributed by atoms with Crippen LogP contribution in [0, 0.1) is 5.82 Å².